The van der Waals surface area contributed by atoms with Crippen LogP contribution in [0, 0.1) is 0 Å². The maximum atomic E-state index is 13.3. The van der Waals surface area contributed by atoms with Crippen molar-refractivity contribution in [2.24, 2.45) is 4.99 Å². The molecular weight excluding hydrogens is 522 g/mol. The Balaban J connectivity index is 1.42. The highest BCUT2D eigenvalue weighted by Gasteiger charge is 2.28. The van der Waals surface area contributed by atoms with Crippen molar-refractivity contribution < 1.29 is 22.7 Å². The molecule has 1 aromatic heterocycles. The Morgan fingerprint density at radius 2 is 1.79 bits per heavy atom. The van der Waals surface area contributed by atoms with Gasteiger partial charge in [-0.3, -0.25) is 4.79 Å². The van der Waals surface area contributed by atoms with E-state index in [0.29, 0.717) is 55.4 Å². The predicted molar refractivity (Wildman–Crippen MR) is 147 cm³/mol. The van der Waals surface area contributed by atoms with E-state index in [9.17, 15) is 13.2 Å². The van der Waals surface area contributed by atoms with E-state index in [1.807, 2.05) is 54.0 Å². The second kappa shape index (κ2) is 11.2. The molecule has 5 rings (SSSR count). The van der Waals surface area contributed by atoms with Crippen molar-refractivity contribution in [3.05, 3.63) is 88.2 Å². The first-order chi connectivity index (χ1) is 18.4. The topological polar surface area (TPSA) is 90.2 Å². The number of thiazole rings is 1. The van der Waals surface area contributed by atoms with Crippen LogP contribution in [-0.2, 0) is 34.3 Å². The molecule has 0 N–H and O–H groups in total. The van der Waals surface area contributed by atoms with Crippen LogP contribution in [0.1, 0.15) is 28.4 Å². The predicted octanol–water partition coefficient (Wildman–Crippen LogP) is 4.24. The van der Waals surface area contributed by atoms with E-state index in [-0.39, 0.29) is 4.90 Å². The summed E-state index contributed by atoms with van der Waals surface area (Å²) in [5.41, 5.74) is 3.37. The van der Waals surface area contributed by atoms with Crippen molar-refractivity contribution in [1.82, 2.24) is 8.87 Å². The Morgan fingerprint density at radius 3 is 2.53 bits per heavy atom. The van der Waals surface area contributed by atoms with Gasteiger partial charge in [0.2, 0.25) is 10.0 Å². The molecule has 4 aromatic rings. The highest BCUT2D eigenvalue weighted by molar-refractivity contribution is 7.89. The highest BCUT2D eigenvalue weighted by Crippen LogP contribution is 2.28. The molecule has 1 amide bonds. The lowest BCUT2D eigenvalue weighted by Crippen LogP contribution is -2.35. The van der Waals surface area contributed by atoms with E-state index in [1.54, 1.807) is 7.11 Å². The number of sulfonamides is 1. The number of amides is 1. The molecule has 0 aliphatic carbocycles. The van der Waals surface area contributed by atoms with Gasteiger partial charge in [-0.25, -0.2) is 8.42 Å². The van der Waals surface area contributed by atoms with Crippen LogP contribution >= 0.6 is 11.3 Å². The summed E-state index contributed by atoms with van der Waals surface area (Å²) in [7, 11) is -2.08. The maximum absolute atomic E-state index is 13.3. The number of hydrogen-bond donors (Lipinski definition) is 0. The number of methoxy groups -OCH3 is 1. The number of nitrogens with zero attached hydrogens (tertiary/aromatic N) is 3. The second-order valence-corrected chi connectivity index (χ2v) is 11.8. The van der Waals surface area contributed by atoms with Crippen molar-refractivity contribution >= 4 is 37.5 Å². The fraction of sp³-hybridized carbons (Fsp3) is 0.286. The van der Waals surface area contributed by atoms with Crippen molar-refractivity contribution in [1.29, 1.82) is 0 Å². The van der Waals surface area contributed by atoms with Crippen molar-refractivity contribution in [2.45, 2.75) is 31.3 Å². The molecule has 3 aromatic carbocycles. The highest BCUT2D eigenvalue weighted by atomic mass is 32.2. The first-order valence-corrected chi connectivity index (χ1v) is 14.7. The molecule has 0 atom stereocenters. The van der Waals surface area contributed by atoms with Crippen LogP contribution in [0.4, 0.5) is 0 Å². The Bertz CT molecular complexity index is 1640. The number of fused-ring (bicyclic) bond motifs is 2. The molecule has 8 nitrogen and oxygen atoms in total. The molecule has 0 fully saturated rings. The number of benzene rings is 3. The normalized spacial score (nSPS) is 14.5. The zero-order valence-corrected chi connectivity index (χ0v) is 22.9. The monoisotopic (exact) mass is 551 g/mol. The minimum Gasteiger partial charge on any atom is -0.495 e. The van der Waals surface area contributed by atoms with E-state index in [0.717, 1.165) is 15.8 Å². The van der Waals surface area contributed by atoms with Crippen LogP contribution < -0.4 is 9.54 Å². The van der Waals surface area contributed by atoms with Gasteiger partial charge in [-0.15, -0.1) is 0 Å². The van der Waals surface area contributed by atoms with Gasteiger partial charge in [0.15, 0.2) is 4.80 Å². The van der Waals surface area contributed by atoms with Crippen molar-refractivity contribution in [3.63, 3.8) is 0 Å². The van der Waals surface area contributed by atoms with E-state index in [1.165, 1.54) is 45.5 Å². The van der Waals surface area contributed by atoms with Gasteiger partial charge in [-0.1, -0.05) is 41.7 Å². The zero-order valence-electron chi connectivity index (χ0n) is 21.3. The van der Waals surface area contributed by atoms with Crippen molar-refractivity contribution in [2.75, 3.05) is 26.9 Å². The molecular formula is C28H29N3O5S2. The fourth-order valence-electron chi connectivity index (χ4n) is 4.60. The summed E-state index contributed by atoms with van der Waals surface area (Å²) in [6, 6.07) is 19.6. The summed E-state index contributed by atoms with van der Waals surface area (Å²) in [6.07, 6.45) is 0.675. The molecule has 198 valence electrons. The van der Waals surface area contributed by atoms with E-state index < -0.39 is 15.9 Å². The van der Waals surface area contributed by atoms with Crippen LogP contribution in [-0.4, -0.2) is 50.1 Å². The van der Waals surface area contributed by atoms with Gasteiger partial charge in [0.25, 0.3) is 5.91 Å². The standard InChI is InChI=1S/C28H29N3O5S2/c1-3-36-18-17-31-26-24(35-2)9-6-10-25(26)37-28(31)29-27(32)21-11-13-23(14-12-21)38(33,34)30-16-15-20-7-4-5-8-22(20)19-30/h4-14H,3,15-19H2,1-2H3. The number of carbonyl (C=O) groups is 1. The largest absolute Gasteiger partial charge is 0.495 e. The van der Waals surface area contributed by atoms with Gasteiger partial charge in [-0.05, 0) is 60.9 Å². The third-order valence-electron chi connectivity index (χ3n) is 6.58. The first kappa shape index (κ1) is 26.3. The average molecular weight is 552 g/mol. The van der Waals surface area contributed by atoms with E-state index >= 15 is 0 Å². The van der Waals surface area contributed by atoms with E-state index in [4.69, 9.17) is 9.47 Å². The lowest BCUT2D eigenvalue weighted by atomic mass is 10.0. The summed E-state index contributed by atoms with van der Waals surface area (Å²) in [5, 5.41) is 0. The van der Waals surface area contributed by atoms with Crippen LogP contribution in [0.2, 0.25) is 0 Å². The van der Waals surface area contributed by atoms with Crippen LogP contribution in [0.25, 0.3) is 10.2 Å². The van der Waals surface area contributed by atoms with Gasteiger partial charge in [-0.2, -0.15) is 9.30 Å². The van der Waals surface area contributed by atoms with E-state index in [2.05, 4.69) is 4.99 Å². The molecule has 0 saturated carbocycles. The first-order valence-electron chi connectivity index (χ1n) is 12.4. The minimum absolute atomic E-state index is 0.159. The Labute approximate surface area is 225 Å². The quantitative estimate of drug-likeness (QED) is 0.306. The number of hydrogen-bond acceptors (Lipinski definition) is 6. The third-order valence-corrected chi connectivity index (χ3v) is 9.48. The Kier molecular flexibility index (Phi) is 7.75. The molecule has 2 heterocycles. The molecule has 38 heavy (non-hydrogen) atoms. The van der Waals surface area contributed by atoms with Gasteiger partial charge in [0.1, 0.15) is 11.3 Å². The third kappa shape index (κ3) is 5.17. The number of para-hydroxylation sites is 1. The molecule has 0 radical (unpaired) electrons. The number of aromatic nitrogens is 1. The van der Waals surface area contributed by atoms with Crippen molar-refractivity contribution in [3.8, 4) is 5.75 Å². The lowest BCUT2D eigenvalue weighted by molar-refractivity contribution is 0.0996. The van der Waals surface area contributed by atoms with Crippen LogP contribution in [0.5, 0.6) is 5.75 Å². The van der Waals surface area contributed by atoms with Gasteiger partial charge < -0.3 is 14.0 Å². The Morgan fingerprint density at radius 1 is 1.03 bits per heavy atom. The second-order valence-electron chi connectivity index (χ2n) is 8.84. The summed E-state index contributed by atoms with van der Waals surface area (Å²) >= 11 is 1.39. The maximum Gasteiger partial charge on any atom is 0.279 e. The van der Waals surface area contributed by atoms with Gasteiger partial charge >= 0.3 is 0 Å². The molecule has 0 bridgehead atoms. The smallest absolute Gasteiger partial charge is 0.279 e. The summed E-state index contributed by atoms with van der Waals surface area (Å²) in [4.78, 5) is 18.2. The fourth-order valence-corrected chi connectivity index (χ4v) is 7.09. The Hall–Kier alpha value is -3.31. The molecule has 1 aliphatic rings. The number of carbonyl (C=O) groups excluding carboxylic acids is 1. The average Bonchev–Trinajstić information content (AvgIpc) is 3.29. The van der Waals surface area contributed by atoms with Crippen LogP contribution in [0.3, 0.4) is 0 Å². The zero-order chi connectivity index (χ0) is 26.7. The van der Waals surface area contributed by atoms with Crippen LogP contribution in [0.15, 0.2) is 76.6 Å². The molecule has 0 saturated heterocycles. The SMILES string of the molecule is CCOCCn1c(=NC(=O)c2ccc(S(=O)(=O)N3CCc4ccccc4C3)cc2)sc2cccc(OC)c21. The summed E-state index contributed by atoms with van der Waals surface area (Å²) in [5.74, 6) is 0.246. The summed E-state index contributed by atoms with van der Waals surface area (Å²) in [6.45, 7) is 4.26. The molecule has 10 heteroatoms. The number of rotatable bonds is 8. The van der Waals surface area contributed by atoms with Gasteiger partial charge in [0.05, 0.1) is 23.3 Å². The molecule has 0 spiro atoms. The lowest BCUT2D eigenvalue weighted by Gasteiger charge is -2.28. The molecule has 1 aliphatic heterocycles. The minimum atomic E-state index is -3.69. The molecule has 0 unspecified atom stereocenters. The number of ether oxygens (including phenoxy) is 2. The summed E-state index contributed by atoms with van der Waals surface area (Å²) < 4.78 is 42.0. The van der Waals surface area contributed by atoms with Gasteiger partial charge in [0, 0.05) is 31.8 Å².